The molecule has 51 heavy (non-hydrogen) atoms. The Labute approximate surface area is 297 Å². The van der Waals surface area contributed by atoms with Crippen molar-refractivity contribution >= 4 is 38.7 Å². The van der Waals surface area contributed by atoms with E-state index < -0.39 is 0 Å². The van der Waals surface area contributed by atoms with Crippen molar-refractivity contribution in [1.29, 1.82) is 0 Å². The van der Waals surface area contributed by atoms with Crippen LogP contribution in [-0.4, -0.2) is 4.98 Å². The van der Waals surface area contributed by atoms with Gasteiger partial charge < -0.3 is 4.90 Å². The Balaban J connectivity index is 1.21. The molecule has 238 valence electrons. The molecule has 0 saturated heterocycles. The largest absolute Gasteiger partial charge is 0.309 e. The first-order valence-corrected chi connectivity index (χ1v) is 17.5. The lowest BCUT2D eigenvalue weighted by molar-refractivity contribution is 1.27. The maximum Gasteiger partial charge on any atom is 0.0830 e. The Bertz CT molecular complexity index is 2730. The minimum Gasteiger partial charge on any atom is -0.309 e. The lowest BCUT2D eigenvalue weighted by atomic mass is 9.91. The van der Waals surface area contributed by atoms with Gasteiger partial charge >= 0.3 is 0 Å². The number of para-hydroxylation sites is 2. The Morgan fingerprint density at radius 3 is 1.59 bits per heavy atom. The second kappa shape index (κ2) is 12.0. The van der Waals surface area contributed by atoms with E-state index in [1.165, 1.54) is 60.7 Å². The molecule has 8 aromatic carbocycles. The summed E-state index contributed by atoms with van der Waals surface area (Å²) in [5.74, 6) is 0. The molecule has 1 aromatic heterocycles. The van der Waals surface area contributed by atoms with Gasteiger partial charge in [-0.2, -0.15) is 0 Å². The first kappa shape index (κ1) is 29.2. The zero-order valence-corrected chi connectivity index (χ0v) is 27.9. The lowest BCUT2D eigenvalue weighted by Crippen LogP contribution is -2.16. The first-order chi connectivity index (χ1) is 25.3. The molecule has 1 aliphatic heterocycles. The third-order valence-electron chi connectivity index (χ3n) is 10.2. The van der Waals surface area contributed by atoms with Gasteiger partial charge in [0.15, 0.2) is 0 Å². The molecule has 0 atom stereocenters. The molecule has 0 fully saturated rings. The highest BCUT2D eigenvalue weighted by Crippen LogP contribution is 2.52. The molecule has 0 unspecified atom stereocenters. The summed E-state index contributed by atoms with van der Waals surface area (Å²) < 4.78 is 0. The standard InChI is InChI=1S/C49H32N2/c1-3-13-33(14-4-1)35-25-27-36(28-26-35)39-30-40(38-18-11-17-37(29-38)34-15-5-2-6-16-34)32-41(31-39)51-46-23-10-8-20-44(46)49-48-43(21-12-24-47(48)51)42-19-7-9-22-45(42)50-49/h1-32H. The number of aromatic nitrogens is 1. The fourth-order valence-corrected chi connectivity index (χ4v) is 7.71. The van der Waals surface area contributed by atoms with Gasteiger partial charge in [0.25, 0.3) is 0 Å². The smallest absolute Gasteiger partial charge is 0.0830 e. The van der Waals surface area contributed by atoms with E-state index in [4.69, 9.17) is 4.98 Å². The number of nitrogens with zero attached hydrogens (tertiary/aromatic N) is 2. The molecule has 2 heteroatoms. The van der Waals surface area contributed by atoms with Gasteiger partial charge in [0.1, 0.15) is 0 Å². The number of pyridine rings is 1. The Hall–Kier alpha value is -6.77. The fraction of sp³-hybridized carbons (Fsp3) is 0. The van der Waals surface area contributed by atoms with E-state index >= 15 is 0 Å². The van der Waals surface area contributed by atoms with Crippen molar-refractivity contribution in [2.24, 2.45) is 0 Å². The zero-order valence-electron chi connectivity index (χ0n) is 27.9. The Morgan fingerprint density at radius 1 is 0.333 bits per heavy atom. The highest BCUT2D eigenvalue weighted by Gasteiger charge is 2.28. The number of rotatable bonds is 5. The van der Waals surface area contributed by atoms with Gasteiger partial charge in [-0.25, -0.2) is 4.98 Å². The monoisotopic (exact) mass is 648 g/mol. The van der Waals surface area contributed by atoms with Crippen LogP contribution in [0.3, 0.4) is 0 Å². The molecule has 10 rings (SSSR count). The maximum atomic E-state index is 5.28. The van der Waals surface area contributed by atoms with E-state index in [1.807, 2.05) is 0 Å². The summed E-state index contributed by atoms with van der Waals surface area (Å²) in [4.78, 5) is 7.72. The van der Waals surface area contributed by atoms with Gasteiger partial charge in [0, 0.05) is 22.0 Å². The van der Waals surface area contributed by atoms with E-state index in [2.05, 4.69) is 199 Å². The molecule has 9 aromatic rings. The van der Waals surface area contributed by atoms with Crippen LogP contribution in [0.25, 0.3) is 77.4 Å². The van der Waals surface area contributed by atoms with Crippen LogP contribution in [0.4, 0.5) is 17.1 Å². The number of hydrogen-bond donors (Lipinski definition) is 0. The number of fused-ring (bicyclic) bond motifs is 4. The highest BCUT2D eigenvalue weighted by atomic mass is 15.2. The molecular weight excluding hydrogens is 617 g/mol. The molecule has 0 spiro atoms. The van der Waals surface area contributed by atoms with Crippen molar-refractivity contribution in [2.45, 2.75) is 0 Å². The predicted molar refractivity (Wildman–Crippen MR) is 215 cm³/mol. The van der Waals surface area contributed by atoms with Crippen LogP contribution in [0, 0.1) is 0 Å². The molecule has 0 bridgehead atoms. The molecule has 2 heterocycles. The zero-order chi connectivity index (χ0) is 33.7. The van der Waals surface area contributed by atoms with Gasteiger partial charge in [-0.3, -0.25) is 0 Å². The highest BCUT2D eigenvalue weighted by molar-refractivity contribution is 6.20. The number of hydrogen-bond acceptors (Lipinski definition) is 2. The predicted octanol–water partition coefficient (Wildman–Crippen LogP) is 13.5. The normalized spacial score (nSPS) is 11.9. The molecule has 0 saturated carbocycles. The van der Waals surface area contributed by atoms with Crippen molar-refractivity contribution in [1.82, 2.24) is 4.98 Å². The topological polar surface area (TPSA) is 16.1 Å². The second-order valence-electron chi connectivity index (χ2n) is 13.2. The van der Waals surface area contributed by atoms with Gasteiger partial charge in [0.2, 0.25) is 0 Å². The van der Waals surface area contributed by atoms with Crippen molar-refractivity contribution in [3.8, 4) is 55.8 Å². The number of anilines is 3. The summed E-state index contributed by atoms with van der Waals surface area (Å²) in [7, 11) is 0. The van der Waals surface area contributed by atoms with E-state index in [-0.39, 0.29) is 0 Å². The minimum absolute atomic E-state index is 1.02. The van der Waals surface area contributed by atoms with Crippen molar-refractivity contribution in [3.05, 3.63) is 194 Å². The third-order valence-corrected chi connectivity index (χ3v) is 10.2. The second-order valence-corrected chi connectivity index (χ2v) is 13.2. The average Bonchev–Trinajstić information content (AvgIpc) is 3.21. The minimum atomic E-state index is 1.02. The van der Waals surface area contributed by atoms with Crippen LogP contribution in [0.2, 0.25) is 0 Å². The molecular formula is C49H32N2. The summed E-state index contributed by atoms with van der Waals surface area (Å²) in [5, 5.41) is 3.57. The first-order valence-electron chi connectivity index (χ1n) is 17.5. The summed E-state index contributed by atoms with van der Waals surface area (Å²) in [5.41, 5.74) is 16.1. The summed E-state index contributed by atoms with van der Waals surface area (Å²) in [6, 6.07) is 70.0. The average molecular weight is 649 g/mol. The third kappa shape index (κ3) is 5.00. The van der Waals surface area contributed by atoms with E-state index in [0.717, 1.165) is 33.8 Å². The van der Waals surface area contributed by atoms with Crippen LogP contribution in [0.1, 0.15) is 0 Å². The van der Waals surface area contributed by atoms with Crippen LogP contribution in [-0.2, 0) is 0 Å². The Kier molecular flexibility index (Phi) is 6.85. The van der Waals surface area contributed by atoms with E-state index in [1.54, 1.807) is 0 Å². The summed E-state index contributed by atoms with van der Waals surface area (Å²) in [6.07, 6.45) is 0. The quantitative estimate of drug-likeness (QED) is 0.173. The Morgan fingerprint density at radius 2 is 0.824 bits per heavy atom. The van der Waals surface area contributed by atoms with Crippen LogP contribution in [0.15, 0.2) is 194 Å². The van der Waals surface area contributed by atoms with Crippen molar-refractivity contribution in [3.63, 3.8) is 0 Å². The fourth-order valence-electron chi connectivity index (χ4n) is 7.71. The SMILES string of the molecule is c1ccc(-c2ccc(-c3cc(-c4cccc(-c5ccccc5)c4)cc(N4c5ccccc5-c5nc6ccccc6c6cccc4c56)c3)cc2)cc1. The van der Waals surface area contributed by atoms with Crippen LogP contribution < -0.4 is 4.90 Å². The molecule has 1 aliphatic rings. The molecule has 0 N–H and O–H groups in total. The molecule has 2 nitrogen and oxygen atoms in total. The summed E-state index contributed by atoms with van der Waals surface area (Å²) >= 11 is 0. The van der Waals surface area contributed by atoms with Gasteiger partial charge in [-0.1, -0.05) is 152 Å². The van der Waals surface area contributed by atoms with Crippen molar-refractivity contribution in [2.75, 3.05) is 4.90 Å². The van der Waals surface area contributed by atoms with Gasteiger partial charge in [-0.05, 0) is 92.4 Å². The van der Waals surface area contributed by atoms with E-state index in [0.29, 0.717) is 0 Å². The van der Waals surface area contributed by atoms with E-state index in [9.17, 15) is 0 Å². The van der Waals surface area contributed by atoms with Crippen molar-refractivity contribution < 1.29 is 0 Å². The van der Waals surface area contributed by atoms with Crippen LogP contribution >= 0.6 is 0 Å². The van der Waals surface area contributed by atoms with Crippen LogP contribution in [0.5, 0.6) is 0 Å². The molecule has 0 aliphatic carbocycles. The van der Waals surface area contributed by atoms with Gasteiger partial charge in [0.05, 0.1) is 22.6 Å². The van der Waals surface area contributed by atoms with Gasteiger partial charge in [-0.15, -0.1) is 0 Å². The number of benzene rings is 8. The molecule has 0 radical (unpaired) electrons. The molecule has 0 amide bonds. The maximum absolute atomic E-state index is 5.28. The summed E-state index contributed by atoms with van der Waals surface area (Å²) in [6.45, 7) is 0. The lowest BCUT2D eigenvalue weighted by Gasteiger charge is -2.34.